The van der Waals surface area contributed by atoms with Gasteiger partial charge < -0.3 is 9.88 Å². The molecule has 3 aromatic rings. The number of aryl methyl sites for hydroxylation is 1. The summed E-state index contributed by atoms with van der Waals surface area (Å²) in [5.41, 5.74) is 7.38. The molecule has 3 aliphatic heterocycles. The summed E-state index contributed by atoms with van der Waals surface area (Å²) < 4.78 is 0. The van der Waals surface area contributed by atoms with Gasteiger partial charge in [-0.15, -0.1) is 0 Å². The number of aromatic nitrogens is 1. The molecule has 4 heterocycles. The maximum atomic E-state index is 14.4. The van der Waals surface area contributed by atoms with Crippen molar-refractivity contribution in [3.63, 3.8) is 0 Å². The summed E-state index contributed by atoms with van der Waals surface area (Å²) in [6.07, 6.45) is 2.89. The van der Waals surface area contributed by atoms with Gasteiger partial charge in [-0.05, 0) is 61.8 Å². The fourth-order valence-corrected chi connectivity index (χ4v) is 6.40. The molecule has 2 atom stereocenters. The van der Waals surface area contributed by atoms with Gasteiger partial charge >= 0.3 is 0 Å². The number of hydrogen-bond donors (Lipinski definition) is 2. The topological polar surface area (TPSA) is 48.1 Å². The van der Waals surface area contributed by atoms with Gasteiger partial charge in [-0.1, -0.05) is 44.2 Å². The molecule has 0 radical (unpaired) electrons. The largest absolute Gasteiger partial charge is 0.356 e. The van der Waals surface area contributed by atoms with Crippen LogP contribution < -0.4 is 10.2 Å². The van der Waals surface area contributed by atoms with Crippen molar-refractivity contribution in [3.05, 3.63) is 64.3 Å². The minimum absolute atomic E-state index is 0.177. The predicted octanol–water partition coefficient (Wildman–Crippen LogP) is 4.75. The average Bonchev–Trinajstić information content (AvgIpc) is 3.22. The number of nitrogens with zero attached hydrogens (tertiary/aromatic N) is 1. The van der Waals surface area contributed by atoms with E-state index in [9.17, 15) is 4.79 Å². The average molecular weight is 400 g/mol. The number of hydrogen-bond acceptors (Lipinski definition) is 2. The van der Waals surface area contributed by atoms with E-state index in [0.717, 1.165) is 48.3 Å². The Hall–Kier alpha value is -2.59. The van der Waals surface area contributed by atoms with E-state index in [1.807, 2.05) is 0 Å². The van der Waals surface area contributed by atoms with Crippen LogP contribution in [0.15, 0.2) is 36.4 Å². The third-order valence-electron chi connectivity index (χ3n) is 7.65. The molecule has 0 saturated carbocycles. The molecule has 154 valence electrons. The first-order valence-electron chi connectivity index (χ1n) is 11.3. The summed E-state index contributed by atoms with van der Waals surface area (Å²) in [6.45, 7) is 9.75. The zero-order chi connectivity index (χ0) is 20.8. The van der Waals surface area contributed by atoms with Gasteiger partial charge in [0.1, 0.15) is 0 Å². The number of nitrogens with one attached hydrogen (secondary N) is 2. The lowest BCUT2D eigenvalue weighted by atomic mass is 9.78. The number of aromatic amines is 1. The molecule has 4 nitrogen and oxygen atoms in total. The van der Waals surface area contributed by atoms with Crippen LogP contribution in [0.4, 0.5) is 5.69 Å². The highest BCUT2D eigenvalue weighted by molar-refractivity contribution is 6.13. The second-order valence-electron chi connectivity index (χ2n) is 9.94. The van der Waals surface area contributed by atoms with Crippen molar-refractivity contribution in [2.75, 3.05) is 11.4 Å². The van der Waals surface area contributed by atoms with E-state index in [0.29, 0.717) is 5.92 Å². The lowest BCUT2D eigenvalue weighted by Gasteiger charge is -2.44. The van der Waals surface area contributed by atoms with Gasteiger partial charge in [0.2, 0.25) is 0 Å². The van der Waals surface area contributed by atoms with Gasteiger partial charge in [0.05, 0.1) is 11.4 Å². The van der Waals surface area contributed by atoms with Gasteiger partial charge in [-0.25, -0.2) is 0 Å². The van der Waals surface area contributed by atoms with E-state index < -0.39 is 5.54 Å². The number of amides is 1. The number of para-hydroxylation sites is 1. The molecule has 0 aliphatic carbocycles. The molecule has 1 aromatic heterocycles. The summed E-state index contributed by atoms with van der Waals surface area (Å²) in [6, 6.07) is 13.1. The highest BCUT2D eigenvalue weighted by Crippen LogP contribution is 2.56. The first-order valence-corrected chi connectivity index (χ1v) is 11.3. The number of carbonyl (C=O) groups is 1. The summed E-state index contributed by atoms with van der Waals surface area (Å²) in [5, 5.41) is 4.96. The van der Waals surface area contributed by atoms with Gasteiger partial charge in [0.15, 0.2) is 5.54 Å². The molecule has 0 bridgehead atoms. The van der Waals surface area contributed by atoms with Crippen molar-refractivity contribution in [1.82, 2.24) is 10.3 Å². The van der Waals surface area contributed by atoms with Crippen LogP contribution in [0, 0.1) is 0 Å². The van der Waals surface area contributed by atoms with Crippen LogP contribution in [0.2, 0.25) is 0 Å². The monoisotopic (exact) mass is 399 g/mol. The Balaban J connectivity index is 1.73. The van der Waals surface area contributed by atoms with Crippen LogP contribution in [0.3, 0.4) is 0 Å². The van der Waals surface area contributed by atoms with Crippen LogP contribution in [-0.4, -0.2) is 23.0 Å². The number of benzene rings is 2. The Morgan fingerprint density at radius 1 is 1.20 bits per heavy atom. The second-order valence-corrected chi connectivity index (χ2v) is 9.94. The fraction of sp³-hybridized carbons (Fsp3) is 0.423. The molecule has 2 N–H and O–H groups in total. The smallest absolute Gasteiger partial charge is 0.258 e. The maximum absolute atomic E-state index is 14.4. The van der Waals surface area contributed by atoms with Crippen LogP contribution in [0.25, 0.3) is 10.9 Å². The number of fused-ring (bicyclic) bond motifs is 5. The van der Waals surface area contributed by atoms with Gasteiger partial charge in [0.25, 0.3) is 5.91 Å². The van der Waals surface area contributed by atoms with Crippen molar-refractivity contribution in [3.8, 4) is 0 Å². The number of carbonyl (C=O) groups excluding carboxylic acids is 1. The third kappa shape index (κ3) is 2.03. The van der Waals surface area contributed by atoms with E-state index in [2.05, 4.69) is 79.3 Å². The molecule has 0 unspecified atom stereocenters. The fourth-order valence-electron chi connectivity index (χ4n) is 6.40. The lowest BCUT2D eigenvalue weighted by molar-refractivity contribution is -0.124. The van der Waals surface area contributed by atoms with E-state index in [1.54, 1.807) is 0 Å². The van der Waals surface area contributed by atoms with Gasteiger partial charge in [-0.3, -0.25) is 10.1 Å². The van der Waals surface area contributed by atoms with E-state index >= 15 is 0 Å². The first-order chi connectivity index (χ1) is 14.4. The molecule has 0 fully saturated rings. The van der Waals surface area contributed by atoms with Crippen molar-refractivity contribution in [1.29, 1.82) is 0 Å². The van der Waals surface area contributed by atoms with Crippen molar-refractivity contribution >= 4 is 22.5 Å². The molecule has 3 aliphatic rings. The lowest BCUT2D eigenvalue weighted by Crippen LogP contribution is -2.59. The number of rotatable bonds is 1. The molecule has 1 amide bonds. The Kier molecular flexibility index (Phi) is 3.49. The van der Waals surface area contributed by atoms with Crippen molar-refractivity contribution in [2.24, 2.45) is 0 Å². The maximum Gasteiger partial charge on any atom is 0.258 e. The van der Waals surface area contributed by atoms with E-state index in [1.165, 1.54) is 22.1 Å². The number of anilines is 1. The minimum atomic E-state index is -0.816. The van der Waals surface area contributed by atoms with Crippen LogP contribution in [-0.2, 0) is 23.2 Å². The van der Waals surface area contributed by atoms with Gasteiger partial charge in [-0.2, -0.15) is 0 Å². The zero-order valence-corrected chi connectivity index (χ0v) is 18.2. The quantitative estimate of drug-likeness (QED) is 0.620. The minimum Gasteiger partial charge on any atom is -0.356 e. The Labute approximate surface area is 177 Å². The zero-order valence-electron chi connectivity index (χ0n) is 18.2. The number of H-pyrrole nitrogens is 1. The standard InChI is InChI=1S/C26H29N3O/c1-5-16-12-19-15(2)14-25(3,4)29-22(19)20(13-16)26(24(29)30)23-18(10-11-27-26)17-8-6-7-9-21(17)28-23/h6-9,12-13,15,27-28H,5,10-11,14H2,1-4H3/t15-,26+/m1/s1. The summed E-state index contributed by atoms with van der Waals surface area (Å²) >= 11 is 0. The van der Waals surface area contributed by atoms with Gasteiger partial charge in [0, 0.05) is 28.6 Å². The normalized spacial score (nSPS) is 26.3. The third-order valence-corrected chi connectivity index (χ3v) is 7.65. The molecule has 6 rings (SSSR count). The molecule has 0 saturated heterocycles. The van der Waals surface area contributed by atoms with Crippen LogP contribution in [0.5, 0.6) is 0 Å². The summed E-state index contributed by atoms with van der Waals surface area (Å²) in [7, 11) is 0. The molecular weight excluding hydrogens is 370 g/mol. The first kappa shape index (κ1) is 18.2. The molecule has 1 spiro atoms. The Bertz CT molecular complexity index is 1220. The summed E-state index contributed by atoms with van der Waals surface area (Å²) in [4.78, 5) is 20.1. The highest BCUT2D eigenvalue weighted by atomic mass is 16.2. The Morgan fingerprint density at radius 2 is 2.00 bits per heavy atom. The van der Waals surface area contributed by atoms with E-state index in [-0.39, 0.29) is 11.4 Å². The molecule has 4 heteroatoms. The molecule has 30 heavy (non-hydrogen) atoms. The summed E-state index contributed by atoms with van der Waals surface area (Å²) in [5.74, 6) is 0.613. The Morgan fingerprint density at radius 3 is 2.80 bits per heavy atom. The second kappa shape index (κ2) is 5.76. The SMILES string of the molecule is CCc1cc2c3c(c1)[C@@]1(NCCc4c1[nH]c1ccccc41)C(=O)N3C(C)(C)C[C@H]2C. The highest BCUT2D eigenvalue weighted by Gasteiger charge is 2.60. The molecular formula is C26H29N3O. The van der Waals surface area contributed by atoms with Crippen LogP contribution in [0.1, 0.15) is 68.0 Å². The predicted molar refractivity (Wildman–Crippen MR) is 121 cm³/mol. The van der Waals surface area contributed by atoms with E-state index in [4.69, 9.17) is 0 Å². The van der Waals surface area contributed by atoms with Crippen LogP contribution >= 0.6 is 0 Å². The van der Waals surface area contributed by atoms with Crippen molar-refractivity contribution in [2.45, 2.75) is 64.0 Å². The molecule has 2 aromatic carbocycles. The van der Waals surface area contributed by atoms with Crippen molar-refractivity contribution < 1.29 is 4.79 Å².